The highest BCUT2D eigenvalue weighted by Gasteiger charge is 2.37. The third-order valence-electron chi connectivity index (χ3n) is 2.57. The Morgan fingerprint density at radius 3 is 2.69 bits per heavy atom. The molecule has 0 bridgehead atoms. The summed E-state index contributed by atoms with van der Waals surface area (Å²) in [5.74, 6) is -1.50. The van der Waals surface area contributed by atoms with Crippen molar-refractivity contribution in [3.63, 3.8) is 0 Å². The van der Waals surface area contributed by atoms with E-state index in [0.29, 0.717) is 18.8 Å². The molecule has 1 aliphatic heterocycles. The summed E-state index contributed by atoms with van der Waals surface area (Å²) in [6.07, 6.45) is 0.803. The number of benzene rings is 1. The van der Waals surface area contributed by atoms with Crippen molar-refractivity contribution in [2.24, 2.45) is 5.73 Å². The molecule has 0 spiro atoms. The number of rotatable bonds is 2. The minimum absolute atomic E-state index is 0.0976. The molecule has 0 aromatic heterocycles. The summed E-state index contributed by atoms with van der Waals surface area (Å²) < 4.78 is 25.6. The van der Waals surface area contributed by atoms with Crippen LogP contribution in [0.15, 0.2) is 22.7 Å². The first-order valence-electron chi connectivity index (χ1n) is 5.11. The van der Waals surface area contributed by atoms with Crippen molar-refractivity contribution in [3.05, 3.63) is 34.1 Å². The lowest BCUT2D eigenvalue weighted by Gasteiger charge is -2.36. The van der Waals surface area contributed by atoms with Crippen molar-refractivity contribution in [2.45, 2.75) is 12.2 Å². The molecule has 2 rings (SSSR count). The van der Waals surface area contributed by atoms with Crippen LogP contribution in [0.5, 0.6) is 0 Å². The monoisotopic (exact) mass is 289 g/mol. The average Bonchev–Trinajstić information content (AvgIpc) is 2.33. The number of hydrogen-bond donors (Lipinski definition) is 1. The van der Waals surface area contributed by atoms with Gasteiger partial charge in [-0.2, -0.15) is 0 Å². The van der Waals surface area contributed by atoms with Crippen LogP contribution in [0.25, 0.3) is 0 Å². The summed E-state index contributed by atoms with van der Waals surface area (Å²) in [6.45, 7) is 1.16. The van der Waals surface area contributed by atoms with Gasteiger partial charge in [0.25, 0.3) is 0 Å². The molecule has 0 atom stereocenters. The molecule has 0 radical (unpaired) electrons. The fourth-order valence-corrected chi connectivity index (χ4v) is 2.11. The van der Waals surface area contributed by atoms with Crippen molar-refractivity contribution >= 4 is 15.9 Å². The van der Waals surface area contributed by atoms with E-state index in [1.807, 2.05) is 0 Å². The van der Waals surface area contributed by atoms with Crippen molar-refractivity contribution < 1.29 is 13.9 Å². The van der Waals surface area contributed by atoms with Crippen molar-refractivity contribution in [1.82, 2.24) is 0 Å². The molecule has 1 saturated heterocycles. The zero-order valence-electron chi connectivity index (χ0n) is 8.71. The maximum Gasteiger partial charge on any atom is 0.210 e. The zero-order chi connectivity index (χ0) is 11.6. The smallest absolute Gasteiger partial charge is 0.210 e. The van der Waals surface area contributed by atoms with Crippen LogP contribution in [0.2, 0.25) is 0 Å². The lowest BCUT2D eigenvalue weighted by Crippen LogP contribution is -2.45. The van der Waals surface area contributed by atoms with Gasteiger partial charge in [0.2, 0.25) is 5.79 Å². The predicted molar refractivity (Wildman–Crippen MR) is 61.4 cm³/mol. The molecule has 5 heteroatoms. The second-order valence-electron chi connectivity index (χ2n) is 3.63. The molecule has 1 aromatic rings. The van der Waals surface area contributed by atoms with Crippen LogP contribution in [-0.4, -0.2) is 19.8 Å². The molecule has 0 aliphatic carbocycles. The molecule has 16 heavy (non-hydrogen) atoms. The molecular weight excluding hydrogens is 277 g/mol. The van der Waals surface area contributed by atoms with Gasteiger partial charge in [0, 0.05) is 10.0 Å². The van der Waals surface area contributed by atoms with Crippen molar-refractivity contribution in [1.29, 1.82) is 0 Å². The summed E-state index contributed by atoms with van der Waals surface area (Å²) in [5.41, 5.74) is 6.01. The van der Waals surface area contributed by atoms with Crippen LogP contribution in [0.4, 0.5) is 4.39 Å². The lowest BCUT2D eigenvalue weighted by atomic mass is 10.0. The van der Waals surface area contributed by atoms with Gasteiger partial charge in [-0.1, -0.05) is 15.9 Å². The van der Waals surface area contributed by atoms with Gasteiger partial charge in [-0.05, 0) is 24.6 Å². The van der Waals surface area contributed by atoms with Crippen LogP contribution in [0.1, 0.15) is 12.0 Å². The third-order valence-corrected chi connectivity index (χ3v) is 3.06. The molecule has 1 fully saturated rings. The summed E-state index contributed by atoms with van der Waals surface area (Å²) in [5, 5.41) is 0. The zero-order valence-corrected chi connectivity index (χ0v) is 10.3. The Bertz CT molecular complexity index is 380. The quantitative estimate of drug-likeness (QED) is 0.907. The maximum atomic E-state index is 13.7. The van der Waals surface area contributed by atoms with E-state index in [2.05, 4.69) is 15.9 Å². The minimum Gasteiger partial charge on any atom is -0.345 e. The van der Waals surface area contributed by atoms with Crippen LogP contribution in [-0.2, 0) is 15.3 Å². The van der Waals surface area contributed by atoms with Gasteiger partial charge in [-0.3, -0.25) is 0 Å². The highest BCUT2D eigenvalue weighted by molar-refractivity contribution is 9.10. The third kappa shape index (κ3) is 2.13. The van der Waals surface area contributed by atoms with E-state index in [1.165, 1.54) is 6.07 Å². The molecule has 1 aromatic carbocycles. The van der Waals surface area contributed by atoms with Crippen molar-refractivity contribution in [3.8, 4) is 0 Å². The number of hydrogen-bond acceptors (Lipinski definition) is 3. The molecule has 88 valence electrons. The molecular formula is C11H13BrFNO2. The Morgan fingerprint density at radius 2 is 2.06 bits per heavy atom. The first-order valence-corrected chi connectivity index (χ1v) is 5.91. The Morgan fingerprint density at radius 1 is 1.38 bits per heavy atom. The molecule has 0 saturated carbocycles. The molecule has 0 unspecified atom stereocenters. The lowest BCUT2D eigenvalue weighted by molar-refractivity contribution is -0.271. The minimum atomic E-state index is -1.13. The van der Waals surface area contributed by atoms with Crippen LogP contribution >= 0.6 is 15.9 Å². The Labute approximate surface area is 102 Å². The van der Waals surface area contributed by atoms with Gasteiger partial charge >= 0.3 is 0 Å². The highest BCUT2D eigenvalue weighted by atomic mass is 79.9. The van der Waals surface area contributed by atoms with Gasteiger partial charge in [0.15, 0.2) is 0 Å². The Kier molecular flexibility index (Phi) is 3.59. The predicted octanol–water partition coefficient (Wildman–Crippen LogP) is 2.14. The fourth-order valence-electron chi connectivity index (χ4n) is 1.75. The van der Waals surface area contributed by atoms with Crippen LogP contribution in [0, 0.1) is 5.82 Å². The standard InChI is InChI=1S/C11H13BrFNO2/c12-8-2-3-10(13)9(6-8)11(7-14)15-4-1-5-16-11/h2-3,6H,1,4-5,7,14H2. The van der Waals surface area contributed by atoms with E-state index >= 15 is 0 Å². The van der Waals surface area contributed by atoms with Crippen LogP contribution in [0.3, 0.4) is 0 Å². The maximum absolute atomic E-state index is 13.7. The van der Waals surface area contributed by atoms with E-state index in [1.54, 1.807) is 12.1 Å². The van der Waals surface area contributed by atoms with Gasteiger partial charge < -0.3 is 15.2 Å². The Hall–Kier alpha value is -0.490. The van der Waals surface area contributed by atoms with E-state index in [-0.39, 0.29) is 12.4 Å². The van der Waals surface area contributed by atoms with E-state index in [4.69, 9.17) is 15.2 Å². The summed E-state index contributed by atoms with van der Waals surface area (Å²) in [4.78, 5) is 0. The molecule has 2 N–H and O–H groups in total. The van der Waals surface area contributed by atoms with E-state index in [9.17, 15) is 4.39 Å². The molecule has 0 amide bonds. The summed E-state index contributed by atoms with van der Waals surface area (Å²) >= 11 is 3.30. The second-order valence-corrected chi connectivity index (χ2v) is 4.55. The first-order chi connectivity index (χ1) is 7.68. The molecule has 1 aliphatic rings. The largest absolute Gasteiger partial charge is 0.345 e. The molecule has 1 heterocycles. The average molecular weight is 290 g/mol. The topological polar surface area (TPSA) is 44.5 Å². The second kappa shape index (κ2) is 4.79. The number of halogens is 2. The highest BCUT2D eigenvalue weighted by Crippen LogP contribution is 2.33. The SMILES string of the molecule is NCC1(c2cc(Br)ccc2F)OCCCO1. The van der Waals surface area contributed by atoms with Gasteiger partial charge in [-0.25, -0.2) is 4.39 Å². The van der Waals surface area contributed by atoms with Crippen LogP contribution < -0.4 is 5.73 Å². The van der Waals surface area contributed by atoms with Gasteiger partial charge in [-0.15, -0.1) is 0 Å². The van der Waals surface area contributed by atoms with E-state index in [0.717, 1.165) is 10.9 Å². The normalized spacial score (nSPS) is 19.7. The fraction of sp³-hybridized carbons (Fsp3) is 0.455. The van der Waals surface area contributed by atoms with Crippen molar-refractivity contribution in [2.75, 3.05) is 19.8 Å². The van der Waals surface area contributed by atoms with Gasteiger partial charge in [0.05, 0.1) is 19.8 Å². The van der Waals surface area contributed by atoms with E-state index < -0.39 is 5.79 Å². The Balaban J connectivity index is 2.42. The first kappa shape index (κ1) is 12.0. The summed E-state index contributed by atoms with van der Waals surface area (Å²) in [7, 11) is 0. The molecule has 3 nitrogen and oxygen atoms in total. The summed E-state index contributed by atoms with van der Waals surface area (Å²) in [6, 6.07) is 4.65. The number of nitrogens with two attached hydrogens (primary N) is 1. The number of ether oxygens (including phenoxy) is 2. The van der Waals surface area contributed by atoms with Gasteiger partial charge in [0.1, 0.15) is 5.82 Å².